The molecule has 0 radical (unpaired) electrons. The van der Waals surface area contributed by atoms with Gasteiger partial charge in [0.25, 0.3) is 0 Å². The number of carbonyl (C=O) groups excluding carboxylic acids is 1. The summed E-state index contributed by atoms with van der Waals surface area (Å²) in [7, 11) is -3.62. The number of amides is 1. The Morgan fingerprint density at radius 2 is 1.97 bits per heavy atom. The first kappa shape index (κ1) is 23.4. The van der Waals surface area contributed by atoms with E-state index in [0.717, 1.165) is 24.3 Å². The van der Waals surface area contributed by atoms with Gasteiger partial charge in [-0.25, -0.2) is 18.4 Å². The molecule has 0 atom stereocenters. The molecule has 1 N–H and O–H groups in total. The maximum Gasteiger partial charge on any atom is 0.243 e. The van der Waals surface area contributed by atoms with E-state index >= 15 is 0 Å². The number of fused-ring (bicyclic) bond motifs is 2. The van der Waals surface area contributed by atoms with Crippen molar-refractivity contribution in [3.63, 3.8) is 0 Å². The fraction of sp³-hybridized carbons (Fsp3) is 0.391. The maximum atomic E-state index is 13.1. The second kappa shape index (κ2) is 9.72. The number of anilines is 1. The summed E-state index contributed by atoms with van der Waals surface area (Å²) in [5.41, 5.74) is 2.11. The smallest absolute Gasteiger partial charge is 0.243 e. The van der Waals surface area contributed by atoms with Gasteiger partial charge in [-0.15, -0.1) is 0 Å². The molecule has 1 amide bonds. The quantitative estimate of drug-likeness (QED) is 0.395. The van der Waals surface area contributed by atoms with Crippen LogP contribution in [0.15, 0.2) is 47.6 Å². The van der Waals surface area contributed by atoms with E-state index in [1.807, 2.05) is 0 Å². The van der Waals surface area contributed by atoms with Crippen molar-refractivity contribution >= 4 is 38.4 Å². The van der Waals surface area contributed by atoms with Gasteiger partial charge in [0.1, 0.15) is 11.6 Å². The number of carbonyl (C=O) groups is 1. The normalized spacial score (nSPS) is 15.1. The number of aromatic nitrogens is 5. The summed E-state index contributed by atoms with van der Waals surface area (Å²) >= 11 is 0. The molecule has 1 aliphatic rings. The number of morpholine rings is 1. The fourth-order valence-corrected chi connectivity index (χ4v) is 5.71. The Kier molecular flexibility index (Phi) is 6.50. The summed E-state index contributed by atoms with van der Waals surface area (Å²) in [6.45, 7) is 4.26. The van der Waals surface area contributed by atoms with Crippen molar-refractivity contribution in [3.8, 4) is 0 Å². The van der Waals surface area contributed by atoms with Gasteiger partial charge in [0.15, 0.2) is 5.65 Å². The topological polar surface area (TPSA) is 124 Å². The highest BCUT2D eigenvalue weighted by atomic mass is 32.2. The number of rotatable bonds is 8. The highest BCUT2D eigenvalue weighted by Gasteiger charge is 2.27. The van der Waals surface area contributed by atoms with Crippen LogP contribution in [0.2, 0.25) is 0 Å². The van der Waals surface area contributed by atoms with E-state index in [-0.39, 0.29) is 17.2 Å². The summed E-state index contributed by atoms with van der Waals surface area (Å²) in [6, 6.07) is 8.52. The second-order valence-corrected chi connectivity index (χ2v) is 10.3. The summed E-state index contributed by atoms with van der Waals surface area (Å²) < 4.78 is 36.5. The van der Waals surface area contributed by atoms with Crippen molar-refractivity contribution in [1.29, 1.82) is 0 Å². The number of nitrogens with zero attached hydrogens (tertiary/aromatic N) is 6. The van der Waals surface area contributed by atoms with E-state index in [0.29, 0.717) is 49.7 Å². The number of aryl methyl sites for hydroxylation is 2. The van der Waals surface area contributed by atoms with Crippen LogP contribution in [0.3, 0.4) is 0 Å². The molecule has 184 valence electrons. The zero-order valence-electron chi connectivity index (χ0n) is 19.4. The first-order chi connectivity index (χ1) is 17.0. The minimum absolute atomic E-state index is 0.168. The molecule has 1 aromatic carbocycles. The molecule has 4 aromatic rings. The van der Waals surface area contributed by atoms with Crippen molar-refractivity contribution in [2.24, 2.45) is 0 Å². The van der Waals surface area contributed by atoms with E-state index in [1.54, 1.807) is 47.2 Å². The number of ether oxygens (including phenoxy) is 1. The number of sulfonamides is 1. The van der Waals surface area contributed by atoms with Crippen molar-refractivity contribution in [2.45, 2.75) is 37.6 Å². The van der Waals surface area contributed by atoms with Crippen LogP contribution in [-0.2, 0) is 32.5 Å². The molecule has 1 saturated heterocycles. The Balaban J connectivity index is 1.36. The van der Waals surface area contributed by atoms with Gasteiger partial charge >= 0.3 is 0 Å². The summed E-state index contributed by atoms with van der Waals surface area (Å²) in [5.74, 6) is 1.13. The van der Waals surface area contributed by atoms with Crippen molar-refractivity contribution in [3.05, 3.63) is 48.5 Å². The van der Waals surface area contributed by atoms with Gasteiger partial charge in [-0.1, -0.05) is 6.92 Å². The van der Waals surface area contributed by atoms with Gasteiger partial charge < -0.3 is 14.6 Å². The molecule has 35 heavy (non-hydrogen) atoms. The zero-order chi connectivity index (χ0) is 24.4. The molecule has 1 aliphatic heterocycles. The molecule has 0 bridgehead atoms. The minimum atomic E-state index is -3.62. The van der Waals surface area contributed by atoms with E-state index in [4.69, 9.17) is 9.72 Å². The summed E-state index contributed by atoms with van der Waals surface area (Å²) in [5, 5.41) is 7.06. The van der Waals surface area contributed by atoms with Gasteiger partial charge in [-0.05, 0) is 30.7 Å². The predicted octanol–water partition coefficient (Wildman–Crippen LogP) is 2.08. The lowest BCUT2D eigenvalue weighted by Gasteiger charge is -2.26. The van der Waals surface area contributed by atoms with Gasteiger partial charge in [-0.3, -0.25) is 4.79 Å². The monoisotopic (exact) mass is 497 g/mol. The lowest BCUT2D eigenvalue weighted by molar-refractivity contribution is -0.116. The van der Waals surface area contributed by atoms with Crippen LogP contribution in [0.5, 0.6) is 0 Å². The molecule has 1 fully saturated rings. The van der Waals surface area contributed by atoms with Gasteiger partial charge in [0.2, 0.25) is 15.9 Å². The molecule has 5 rings (SSSR count). The molecule has 0 spiro atoms. The average Bonchev–Trinajstić information content (AvgIpc) is 3.49. The molecule has 0 saturated carbocycles. The highest BCUT2D eigenvalue weighted by Crippen LogP contribution is 2.24. The predicted molar refractivity (Wildman–Crippen MR) is 130 cm³/mol. The van der Waals surface area contributed by atoms with E-state index in [1.165, 1.54) is 4.31 Å². The van der Waals surface area contributed by atoms with Crippen LogP contribution in [0.4, 0.5) is 5.82 Å². The molecule has 11 nitrogen and oxygen atoms in total. The van der Waals surface area contributed by atoms with Crippen molar-refractivity contribution in [2.75, 3.05) is 31.6 Å². The molecular weight excluding hydrogens is 470 g/mol. The second-order valence-electron chi connectivity index (χ2n) is 8.33. The highest BCUT2D eigenvalue weighted by molar-refractivity contribution is 7.89. The van der Waals surface area contributed by atoms with E-state index in [2.05, 4.69) is 26.9 Å². The van der Waals surface area contributed by atoms with Crippen molar-refractivity contribution < 1.29 is 17.9 Å². The molecule has 0 aliphatic carbocycles. The van der Waals surface area contributed by atoms with Crippen LogP contribution in [-0.4, -0.2) is 69.1 Å². The van der Waals surface area contributed by atoms with Gasteiger partial charge in [-0.2, -0.15) is 13.9 Å². The number of imidazole rings is 1. The molecule has 12 heteroatoms. The number of nitrogens with one attached hydrogen (secondary N) is 1. The third-order valence-corrected chi connectivity index (χ3v) is 7.88. The lowest BCUT2D eigenvalue weighted by Crippen LogP contribution is -2.40. The average molecular weight is 498 g/mol. The molecule has 4 heterocycles. The van der Waals surface area contributed by atoms with E-state index in [9.17, 15) is 13.2 Å². The van der Waals surface area contributed by atoms with Gasteiger partial charge in [0, 0.05) is 44.7 Å². The van der Waals surface area contributed by atoms with Crippen LogP contribution in [0.1, 0.15) is 25.6 Å². The van der Waals surface area contributed by atoms with Crippen LogP contribution < -0.4 is 5.32 Å². The number of hydrogen-bond acceptors (Lipinski definition) is 7. The minimum Gasteiger partial charge on any atom is -0.379 e. The SMILES string of the molecule is CCCn1c(CCC(=O)Nc2ccnc3ccnn23)nc2cc(S(=O)(=O)N3CCOCC3)ccc21. The molecule has 0 unspecified atom stereocenters. The first-order valence-electron chi connectivity index (χ1n) is 11.6. The standard InChI is InChI=1S/C23H27N7O4S/c1-2-11-29-19-4-3-17(35(32,33)28-12-14-34-15-13-28)16-18(19)26-21(29)5-6-23(31)27-22-7-9-24-20-8-10-25-30(20)22/h3-4,7-10,16H,2,5-6,11-15H2,1H3,(H,27,31). The maximum absolute atomic E-state index is 13.1. The third-order valence-electron chi connectivity index (χ3n) is 5.99. The molecule has 3 aromatic heterocycles. The third kappa shape index (κ3) is 4.64. The molecular formula is C23H27N7O4S. The van der Waals surface area contributed by atoms with E-state index < -0.39 is 10.0 Å². The lowest BCUT2D eigenvalue weighted by atomic mass is 10.2. The number of hydrogen-bond donors (Lipinski definition) is 1. The largest absolute Gasteiger partial charge is 0.379 e. The van der Waals surface area contributed by atoms with Gasteiger partial charge in [0.05, 0.1) is 35.3 Å². The Morgan fingerprint density at radius 3 is 2.77 bits per heavy atom. The summed E-state index contributed by atoms with van der Waals surface area (Å²) in [4.78, 5) is 21.8. The van der Waals surface area contributed by atoms with Crippen LogP contribution >= 0.6 is 0 Å². The number of benzene rings is 1. The van der Waals surface area contributed by atoms with Crippen molar-refractivity contribution in [1.82, 2.24) is 28.5 Å². The Bertz CT molecular complexity index is 1470. The Morgan fingerprint density at radius 1 is 1.14 bits per heavy atom. The Labute approximate surface area is 202 Å². The van der Waals surface area contributed by atoms with Crippen LogP contribution in [0, 0.1) is 0 Å². The zero-order valence-corrected chi connectivity index (χ0v) is 20.2. The summed E-state index contributed by atoms with van der Waals surface area (Å²) in [6.07, 6.45) is 4.76. The first-order valence-corrected chi connectivity index (χ1v) is 13.1. The fourth-order valence-electron chi connectivity index (χ4n) is 4.28. The Hall–Kier alpha value is -3.35. The van der Waals surface area contributed by atoms with Crippen LogP contribution in [0.25, 0.3) is 16.7 Å².